The van der Waals surface area contributed by atoms with Gasteiger partial charge in [-0.25, -0.2) is 4.79 Å². The van der Waals surface area contributed by atoms with Crippen molar-refractivity contribution >= 4 is 28.6 Å². The van der Waals surface area contributed by atoms with Crippen LogP contribution in [0.4, 0.5) is 0 Å². The molecule has 5 unspecified atom stereocenters. The van der Waals surface area contributed by atoms with E-state index in [4.69, 9.17) is 23.1 Å². The van der Waals surface area contributed by atoms with Crippen LogP contribution < -0.4 is 4.74 Å². The van der Waals surface area contributed by atoms with Gasteiger partial charge in [0, 0.05) is 18.8 Å². The van der Waals surface area contributed by atoms with Crippen molar-refractivity contribution in [3.63, 3.8) is 0 Å². The van der Waals surface area contributed by atoms with Crippen LogP contribution in [0, 0.1) is 31.6 Å². The summed E-state index contributed by atoms with van der Waals surface area (Å²) in [5.41, 5.74) is 2.13. The Morgan fingerprint density at radius 2 is 1.45 bits per heavy atom. The first-order valence-corrected chi connectivity index (χ1v) is 25.0. The van der Waals surface area contributed by atoms with Gasteiger partial charge < -0.3 is 23.1 Å². The van der Waals surface area contributed by atoms with Gasteiger partial charge in [0.25, 0.3) is 0 Å². The highest BCUT2D eigenvalue weighted by atomic mass is 28.4. The molecule has 1 aromatic carbocycles. The third kappa shape index (κ3) is 10.3. The number of rotatable bonds is 11. The molecule has 3 aliphatic rings. The molecule has 0 amide bonds. The maximum absolute atomic E-state index is 14.1. The number of fused-ring (bicyclic) bond motifs is 1. The lowest BCUT2D eigenvalue weighted by molar-refractivity contribution is -0.171. The van der Waals surface area contributed by atoms with Gasteiger partial charge in [-0.3, -0.25) is 4.79 Å². The van der Waals surface area contributed by atoms with Crippen LogP contribution in [0.25, 0.3) is 0 Å². The average molecular weight is 741 g/mol. The molecule has 7 atom stereocenters. The number of carbonyl (C=O) groups is 2. The van der Waals surface area contributed by atoms with Crippen LogP contribution in [0.1, 0.15) is 106 Å². The number of ether oxygens (including phenoxy) is 3. The summed E-state index contributed by atoms with van der Waals surface area (Å²) in [4.78, 5) is 26.9. The van der Waals surface area contributed by atoms with Crippen molar-refractivity contribution in [2.24, 2.45) is 17.8 Å². The van der Waals surface area contributed by atoms with E-state index in [0.29, 0.717) is 25.0 Å². The largest absolute Gasteiger partial charge is 0.476 e. The standard InChI is InChI=1S/C42H68O7Si2/c1-27-20-28(2)22-32(21-27)47-42(10,11)39(44)46-36-25-33(48-50(12,13)40(4,5)6)23-30-17-16-29(3)35(38(30)36)19-18-31-24-34(26-37(43)45-31)49-51(14,15)41(7,8)9/h16-17,20-23,29,31,33-36,38H,18-19,24-26H2,1-15H3/t29?,31-,33?,34-,35?,36?,38?/m1/s1. The second-order valence-corrected chi connectivity index (χ2v) is 28.7. The average Bonchev–Trinajstić information content (AvgIpc) is 2.94. The Morgan fingerprint density at radius 3 is 2.04 bits per heavy atom. The molecular weight excluding hydrogens is 673 g/mol. The summed E-state index contributed by atoms with van der Waals surface area (Å²) in [6, 6.07) is 6.00. The van der Waals surface area contributed by atoms with Gasteiger partial charge in [0.05, 0.1) is 18.6 Å². The molecule has 0 bridgehead atoms. The number of cyclic esters (lactones) is 1. The zero-order valence-corrected chi connectivity index (χ0v) is 36.4. The molecule has 1 fully saturated rings. The lowest BCUT2D eigenvalue weighted by Crippen LogP contribution is -2.50. The fourth-order valence-corrected chi connectivity index (χ4v) is 9.94. The number of hydrogen-bond acceptors (Lipinski definition) is 7. The van der Waals surface area contributed by atoms with E-state index in [1.165, 1.54) is 5.57 Å². The van der Waals surface area contributed by atoms with Crippen LogP contribution in [-0.4, -0.2) is 58.6 Å². The molecule has 0 radical (unpaired) electrons. The molecule has 286 valence electrons. The van der Waals surface area contributed by atoms with E-state index in [0.717, 1.165) is 24.0 Å². The van der Waals surface area contributed by atoms with Crippen LogP contribution in [0.15, 0.2) is 42.0 Å². The van der Waals surface area contributed by atoms with Gasteiger partial charge in [-0.15, -0.1) is 0 Å². The number of esters is 2. The highest BCUT2D eigenvalue weighted by molar-refractivity contribution is 6.74. The van der Waals surface area contributed by atoms with Crippen LogP contribution >= 0.6 is 0 Å². The fraction of sp³-hybridized carbons (Fsp3) is 0.714. The Morgan fingerprint density at radius 1 is 0.863 bits per heavy atom. The minimum absolute atomic E-state index is 0.0104. The first-order valence-electron chi connectivity index (χ1n) is 19.2. The fourth-order valence-electron chi connectivity index (χ4n) is 7.30. The van der Waals surface area contributed by atoms with Crippen LogP contribution in [0.5, 0.6) is 5.75 Å². The molecule has 0 aromatic heterocycles. The lowest BCUT2D eigenvalue weighted by Gasteiger charge is -2.46. The van der Waals surface area contributed by atoms with Crippen molar-refractivity contribution in [2.45, 2.75) is 175 Å². The molecule has 1 saturated heterocycles. The van der Waals surface area contributed by atoms with E-state index >= 15 is 0 Å². The van der Waals surface area contributed by atoms with E-state index in [9.17, 15) is 9.59 Å². The van der Waals surface area contributed by atoms with Crippen molar-refractivity contribution in [1.29, 1.82) is 0 Å². The third-order valence-electron chi connectivity index (χ3n) is 12.2. The zero-order valence-electron chi connectivity index (χ0n) is 34.4. The minimum atomic E-state index is -2.12. The SMILES string of the molecule is Cc1cc(C)cc(OC(C)(C)C(=O)OC2CC(O[Si](C)(C)C(C)(C)C)C=C3C=CC(C)C(CC[C@@H]4C[C@@H](O[Si](C)(C)C(C)(C)C)CC(=O)O4)C32)c1. The number of carbonyl (C=O) groups excluding carboxylic acids is 2. The quantitative estimate of drug-likeness (QED) is 0.165. The van der Waals surface area contributed by atoms with Gasteiger partial charge in [-0.1, -0.05) is 72.8 Å². The Labute approximate surface area is 311 Å². The molecule has 7 nitrogen and oxygen atoms in total. The first kappa shape index (κ1) is 41.5. The molecule has 1 aromatic rings. The van der Waals surface area contributed by atoms with E-state index in [1.807, 2.05) is 26.0 Å². The summed E-state index contributed by atoms with van der Waals surface area (Å²) in [6.07, 6.45) is 9.10. The van der Waals surface area contributed by atoms with Gasteiger partial charge in [0.1, 0.15) is 18.0 Å². The van der Waals surface area contributed by atoms with Gasteiger partial charge in [-0.05, 0) is 117 Å². The van der Waals surface area contributed by atoms with Crippen LogP contribution in [-0.2, 0) is 27.9 Å². The van der Waals surface area contributed by atoms with Crippen molar-refractivity contribution in [2.75, 3.05) is 0 Å². The van der Waals surface area contributed by atoms with Crippen LogP contribution in [0.3, 0.4) is 0 Å². The van der Waals surface area contributed by atoms with Crippen molar-refractivity contribution in [1.82, 2.24) is 0 Å². The predicted octanol–water partition coefficient (Wildman–Crippen LogP) is 10.4. The first-order chi connectivity index (χ1) is 23.3. The number of aryl methyl sites for hydroxylation is 2. The van der Waals surface area contributed by atoms with Crippen molar-refractivity contribution in [3.8, 4) is 5.75 Å². The summed E-state index contributed by atoms with van der Waals surface area (Å²) in [5, 5.41) is 0.105. The van der Waals surface area contributed by atoms with E-state index in [2.05, 4.69) is 98.9 Å². The predicted molar refractivity (Wildman–Crippen MR) is 211 cm³/mol. The molecule has 0 saturated carbocycles. The second kappa shape index (κ2) is 15.3. The summed E-state index contributed by atoms with van der Waals surface area (Å²) < 4.78 is 32.5. The smallest absolute Gasteiger partial charge is 0.350 e. The Bertz CT molecular complexity index is 1460. The van der Waals surface area contributed by atoms with E-state index in [1.54, 1.807) is 13.8 Å². The molecule has 9 heteroatoms. The summed E-state index contributed by atoms with van der Waals surface area (Å²) in [7, 11) is -4.16. The summed E-state index contributed by atoms with van der Waals surface area (Å²) >= 11 is 0. The molecule has 0 spiro atoms. The Balaban J connectivity index is 1.58. The Kier molecular flexibility index (Phi) is 12.4. The Hall–Kier alpha value is -2.21. The highest BCUT2D eigenvalue weighted by Crippen LogP contribution is 2.47. The minimum Gasteiger partial charge on any atom is -0.476 e. The maximum atomic E-state index is 14.1. The molecule has 1 aliphatic heterocycles. The second-order valence-electron chi connectivity index (χ2n) is 19.2. The van der Waals surface area contributed by atoms with E-state index in [-0.39, 0.29) is 58.1 Å². The molecule has 51 heavy (non-hydrogen) atoms. The number of hydrogen-bond donors (Lipinski definition) is 0. The molecule has 4 rings (SSSR count). The van der Waals surface area contributed by atoms with Gasteiger partial charge >= 0.3 is 11.9 Å². The van der Waals surface area contributed by atoms with E-state index < -0.39 is 28.3 Å². The molecular formula is C42H68O7Si2. The third-order valence-corrected chi connectivity index (χ3v) is 21.3. The normalized spacial score (nSPS) is 27.7. The van der Waals surface area contributed by atoms with Crippen molar-refractivity contribution in [3.05, 3.63) is 53.1 Å². The summed E-state index contributed by atoms with van der Waals surface area (Å²) in [5.74, 6) is 0.535. The van der Waals surface area contributed by atoms with Crippen molar-refractivity contribution < 1.29 is 32.7 Å². The van der Waals surface area contributed by atoms with Crippen LogP contribution in [0.2, 0.25) is 36.3 Å². The lowest BCUT2D eigenvalue weighted by atomic mass is 9.66. The topological polar surface area (TPSA) is 80.3 Å². The highest BCUT2D eigenvalue weighted by Gasteiger charge is 2.48. The monoisotopic (exact) mass is 740 g/mol. The summed E-state index contributed by atoms with van der Waals surface area (Å²) in [6.45, 7) is 32.3. The molecule has 0 N–H and O–H groups in total. The maximum Gasteiger partial charge on any atom is 0.350 e. The van der Waals surface area contributed by atoms with Gasteiger partial charge in [0.15, 0.2) is 22.2 Å². The number of allylic oxidation sites excluding steroid dienone is 2. The molecule has 2 aliphatic carbocycles. The van der Waals surface area contributed by atoms with Gasteiger partial charge in [-0.2, -0.15) is 0 Å². The number of benzene rings is 1. The molecule has 1 heterocycles. The zero-order chi connectivity index (χ0) is 38.3. The van der Waals surface area contributed by atoms with Gasteiger partial charge in [0.2, 0.25) is 0 Å².